The van der Waals surface area contributed by atoms with Crippen molar-refractivity contribution in [2.75, 3.05) is 13.6 Å². The maximum absolute atomic E-state index is 2.54. The van der Waals surface area contributed by atoms with Crippen LogP contribution >= 0.6 is 0 Å². The van der Waals surface area contributed by atoms with Gasteiger partial charge in [0.25, 0.3) is 0 Å². The predicted molar refractivity (Wildman–Crippen MR) is 58.9 cm³/mol. The molecule has 0 aromatic carbocycles. The molecule has 0 saturated carbocycles. The summed E-state index contributed by atoms with van der Waals surface area (Å²) < 4.78 is 0. The highest BCUT2D eigenvalue weighted by atomic mass is 15.1. The quantitative estimate of drug-likeness (QED) is 0.592. The highest BCUT2D eigenvalue weighted by Crippen LogP contribution is 2.25. The van der Waals surface area contributed by atoms with Crippen molar-refractivity contribution in [1.29, 1.82) is 0 Å². The molecular weight excluding hydrogens is 158 g/mol. The van der Waals surface area contributed by atoms with Crippen LogP contribution in [0.2, 0.25) is 0 Å². The summed E-state index contributed by atoms with van der Waals surface area (Å²) in [5, 5.41) is 0. The normalized spacial score (nSPS) is 32.2. The van der Waals surface area contributed by atoms with Gasteiger partial charge in [0.1, 0.15) is 0 Å². The monoisotopic (exact) mass is 181 g/mol. The zero-order valence-corrected chi connectivity index (χ0v) is 9.29. The van der Waals surface area contributed by atoms with Crippen molar-refractivity contribution < 1.29 is 0 Å². The van der Waals surface area contributed by atoms with Crippen LogP contribution < -0.4 is 0 Å². The second-order valence-electron chi connectivity index (χ2n) is 4.14. The molecular formula is C12H23N. The van der Waals surface area contributed by atoms with E-state index in [1.54, 1.807) is 0 Å². The van der Waals surface area contributed by atoms with Gasteiger partial charge in [-0.05, 0) is 45.7 Å². The van der Waals surface area contributed by atoms with E-state index < -0.39 is 0 Å². The number of rotatable bonds is 2. The first-order valence-electron chi connectivity index (χ1n) is 5.62. The maximum Gasteiger partial charge on any atom is 0.0152 e. The van der Waals surface area contributed by atoms with E-state index in [2.05, 4.69) is 37.9 Å². The molecule has 2 atom stereocenters. The summed E-state index contributed by atoms with van der Waals surface area (Å²) >= 11 is 0. The van der Waals surface area contributed by atoms with E-state index in [0.29, 0.717) is 0 Å². The molecule has 0 N–H and O–H groups in total. The van der Waals surface area contributed by atoms with Crippen LogP contribution in [-0.2, 0) is 0 Å². The number of nitrogens with zero attached hydrogens (tertiary/aromatic N) is 1. The zero-order chi connectivity index (χ0) is 9.68. The smallest absolute Gasteiger partial charge is 0.0152 e. The lowest BCUT2D eigenvalue weighted by molar-refractivity contribution is 0.208. The minimum atomic E-state index is 0.777. The van der Waals surface area contributed by atoms with Crippen molar-refractivity contribution in [2.24, 2.45) is 5.92 Å². The van der Waals surface area contributed by atoms with Crippen molar-refractivity contribution in [3.63, 3.8) is 0 Å². The van der Waals surface area contributed by atoms with Gasteiger partial charge in [0, 0.05) is 6.04 Å². The van der Waals surface area contributed by atoms with Gasteiger partial charge >= 0.3 is 0 Å². The molecule has 1 heteroatoms. The number of likely N-dealkylation sites (tertiary alicyclic amines) is 1. The van der Waals surface area contributed by atoms with Gasteiger partial charge in [-0.2, -0.15) is 0 Å². The van der Waals surface area contributed by atoms with Crippen LogP contribution in [0.1, 0.15) is 39.5 Å². The predicted octanol–water partition coefficient (Wildman–Crippen LogP) is 3.07. The first kappa shape index (κ1) is 10.8. The van der Waals surface area contributed by atoms with Crippen molar-refractivity contribution in [3.05, 3.63) is 12.2 Å². The average molecular weight is 181 g/mol. The maximum atomic E-state index is 2.54. The van der Waals surface area contributed by atoms with E-state index in [-0.39, 0.29) is 0 Å². The average Bonchev–Trinajstić information content (AvgIpc) is 2.28. The lowest BCUT2D eigenvalue weighted by atomic mass is 9.92. The van der Waals surface area contributed by atoms with E-state index in [1.807, 2.05) is 0 Å². The Hall–Kier alpha value is -0.300. The summed E-state index contributed by atoms with van der Waals surface area (Å²) in [4.78, 5) is 2.54. The Bertz CT molecular complexity index is 163. The summed E-state index contributed by atoms with van der Waals surface area (Å²) in [5.74, 6) is 0.794. The third kappa shape index (κ3) is 2.84. The van der Waals surface area contributed by atoms with Gasteiger partial charge in [-0.3, -0.25) is 0 Å². The molecule has 0 spiro atoms. The van der Waals surface area contributed by atoms with E-state index >= 15 is 0 Å². The van der Waals surface area contributed by atoms with Crippen molar-refractivity contribution >= 4 is 0 Å². The Morgan fingerprint density at radius 2 is 2.15 bits per heavy atom. The van der Waals surface area contributed by atoms with Crippen LogP contribution in [0.5, 0.6) is 0 Å². The number of allylic oxidation sites excluding steroid dienone is 1. The van der Waals surface area contributed by atoms with Gasteiger partial charge < -0.3 is 4.90 Å². The lowest BCUT2D eigenvalue weighted by Gasteiger charge is -2.29. The third-order valence-corrected chi connectivity index (χ3v) is 3.22. The van der Waals surface area contributed by atoms with E-state index in [4.69, 9.17) is 0 Å². The van der Waals surface area contributed by atoms with Crippen molar-refractivity contribution in [3.8, 4) is 0 Å². The summed E-state index contributed by atoms with van der Waals surface area (Å²) in [7, 11) is 2.27. The summed E-state index contributed by atoms with van der Waals surface area (Å²) in [5.41, 5.74) is 0. The van der Waals surface area contributed by atoms with Crippen LogP contribution in [0.15, 0.2) is 12.2 Å². The largest absolute Gasteiger partial charge is 0.303 e. The van der Waals surface area contributed by atoms with Gasteiger partial charge in [0.2, 0.25) is 0 Å². The second kappa shape index (κ2) is 5.43. The lowest BCUT2D eigenvalue weighted by Crippen LogP contribution is -2.35. The second-order valence-corrected chi connectivity index (χ2v) is 4.14. The van der Waals surface area contributed by atoms with E-state index in [0.717, 1.165) is 12.0 Å². The fourth-order valence-electron chi connectivity index (χ4n) is 2.51. The van der Waals surface area contributed by atoms with Gasteiger partial charge in [-0.25, -0.2) is 0 Å². The number of hydrogen-bond donors (Lipinski definition) is 0. The van der Waals surface area contributed by atoms with Crippen LogP contribution in [0.4, 0.5) is 0 Å². The zero-order valence-electron chi connectivity index (χ0n) is 9.29. The minimum absolute atomic E-state index is 0.777. The van der Waals surface area contributed by atoms with Gasteiger partial charge in [0.15, 0.2) is 0 Å². The summed E-state index contributed by atoms with van der Waals surface area (Å²) in [6, 6.07) is 0.777. The SMILES string of the molecule is C/C=C\C1CCCCN(C)C1CC. The topological polar surface area (TPSA) is 3.24 Å². The first-order chi connectivity index (χ1) is 6.29. The molecule has 1 rings (SSSR count). The van der Waals surface area contributed by atoms with Crippen molar-refractivity contribution in [2.45, 2.75) is 45.6 Å². The van der Waals surface area contributed by atoms with E-state index in [1.165, 1.54) is 32.2 Å². The molecule has 1 fully saturated rings. The molecule has 0 radical (unpaired) electrons. The van der Waals surface area contributed by atoms with Gasteiger partial charge in [-0.15, -0.1) is 0 Å². The minimum Gasteiger partial charge on any atom is -0.303 e. The molecule has 1 aliphatic heterocycles. The molecule has 2 unspecified atom stereocenters. The Balaban J connectivity index is 2.64. The molecule has 1 saturated heterocycles. The molecule has 0 amide bonds. The highest BCUT2D eigenvalue weighted by molar-refractivity contribution is 4.94. The van der Waals surface area contributed by atoms with Crippen molar-refractivity contribution in [1.82, 2.24) is 4.90 Å². The fourth-order valence-corrected chi connectivity index (χ4v) is 2.51. The molecule has 0 bridgehead atoms. The Morgan fingerprint density at radius 1 is 1.38 bits per heavy atom. The molecule has 76 valence electrons. The Labute approximate surface area is 82.8 Å². The highest BCUT2D eigenvalue weighted by Gasteiger charge is 2.23. The van der Waals surface area contributed by atoms with Crippen LogP contribution in [0.3, 0.4) is 0 Å². The fraction of sp³-hybridized carbons (Fsp3) is 0.833. The van der Waals surface area contributed by atoms with Gasteiger partial charge in [-0.1, -0.05) is 25.5 Å². The van der Waals surface area contributed by atoms with Crippen LogP contribution in [0, 0.1) is 5.92 Å². The Kier molecular flexibility index (Phi) is 4.51. The molecule has 0 aromatic heterocycles. The molecule has 0 aliphatic carbocycles. The Morgan fingerprint density at radius 3 is 2.77 bits per heavy atom. The molecule has 1 nitrogen and oxygen atoms in total. The van der Waals surface area contributed by atoms with E-state index in [9.17, 15) is 0 Å². The van der Waals surface area contributed by atoms with Crippen LogP contribution in [0.25, 0.3) is 0 Å². The van der Waals surface area contributed by atoms with Crippen LogP contribution in [-0.4, -0.2) is 24.5 Å². The number of hydrogen-bond acceptors (Lipinski definition) is 1. The molecule has 1 heterocycles. The standard InChI is InChI=1S/C12H23N/c1-4-8-11-9-6-7-10-13(3)12(11)5-2/h4,8,11-12H,5-7,9-10H2,1-3H3/b8-4-. The first-order valence-corrected chi connectivity index (χ1v) is 5.62. The molecule has 1 aliphatic rings. The molecule has 13 heavy (non-hydrogen) atoms. The third-order valence-electron chi connectivity index (χ3n) is 3.22. The summed E-state index contributed by atoms with van der Waals surface area (Å²) in [6.07, 6.45) is 10.1. The van der Waals surface area contributed by atoms with Gasteiger partial charge in [0.05, 0.1) is 0 Å². The molecule has 0 aromatic rings. The summed E-state index contributed by atoms with van der Waals surface area (Å²) in [6.45, 7) is 5.73.